The number of amides is 1. The molecule has 0 aliphatic carbocycles. The van der Waals surface area contributed by atoms with Crippen molar-refractivity contribution in [2.24, 2.45) is 0 Å². The molecular formula is C23H21N3O2. The third kappa shape index (κ3) is 3.16. The number of benzene rings is 2. The molecule has 140 valence electrons. The van der Waals surface area contributed by atoms with Gasteiger partial charge in [0.05, 0.1) is 28.4 Å². The summed E-state index contributed by atoms with van der Waals surface area (Å²) in [6, 6.07) is 21.5. The van der Waals surface area contributed by atoms with Gasteiger partial charge in [0.25, 0.3) is 11.6 Å². The van der Waals surface area contributed by atoms with E-state index in [2.05, 4.69) is 10.1 Å². The van der Waals surface area contributed by atoms with Gasteiger partial charge in [0.15, 0.2) is 0 Å². The zero-order valence-electron chi connectivity index (χ0n) is 16.1. The number of hydrogen-bond acceptors (Lipinski definition) is 4. The molecule has 1 unspecified atom stereocenters. The highest BCUT2D eigenvalue weighted by Crippen LogP contribution is 2.29. The highest BCUT2D eigenvalue weighted by Gasteiger charge is 2.24. The van der Waals surface area contributed by atoms with Crippen molar-refractivity contribution < 1.29 is 9.32 Å². The molecule has 0 aliphatic rings. The Balaban J connectivity index is 1.80. The average molecular weight is 371 g/mol. The first-order valence-corrected chi connectivity index (χ1v) is 9.21. The maximum Gasteiger partial charge on any atom is 0.259 e. The molecule has 4 rings (SSSR count). The van der Waals surface area contributed by atoms with Gasteiger partial charge in [-0.05, 0) is 25.5 Å². The van der Waals surface area contributed by atoms with Gasteiger partial charge >= 0.3 is 0 Å². The Morgan fingerprint density at radius 3 is 2.36 bits per heavy atom. The second-order valence-corrected chi connectivity index (χ2v) is 6.87. The summed E-state index contributed by atoms with van der Waals surface area (Å²) in [5.41, 5.74) is 4.27. The Kier molecular flexibility index (Phi) is 4.65. The van der Waals surface area contributed by atoms with E-state index in [0.717, 1.165) is 11.1 Å². The van der Waals surface area contributed by atoms with Crippen LogP contribution in [-0.2, 0) is 0 Å². The van der Waals surface area contributed by atoms with E-state index in [1.807, 2.05) is 87.6 Å². The van der Waals surface area contributed by atoms with Crippen molar-refractivity contribution in [2.45, 2.75) is 19.9 Å². The minimum absolute atomic E-state index is 0.0720. The molecule has 2 aromatic carbocycles. The van der Waals surface area contributed by atoms with Crippen LogP contribution >= 0.6 is 0 Å². The van der Waals surface area contributed by atoms with Gasteiger partial charge in [0, 0.05) is 12.6 Å². The van der Waals surface area contributed by atoms with E-state index in [0.29, 0.717) is 28.1 Å². The normalized spacial score (nSPS) is 12.1. The molecule has 0 aliphatic heterocycles. The lowest BCUT2D eigenvalue weighted by molar-refractivity contribution is 0.0744. The number of aromatic nitrogens is 2. The minimum Gasteiger partial charge on any atom is -0.335 e. The summed E-state index contributed by atoms with van der Waals surface area (Å²) >= 11 is 0. The second-order valence-electron chi connectivity index (χ2n) is 6.87. The van der Waals surface area contributed by atoms with E-state index in [9.17, 15) is 4.79 Å². The number of rotatable bonds is 4. The van der Waals surface area contributed by atoms with Crippen LogP contribution in [0.3, 0.4) is 0 Å². The highest BCUT2D eigenvalue weighted by atomic mass is 16.5. The van der Waals surface area contributed by atoms with Crippen LogP contribution in [0.1, 0.15) is 34.6 Å². The monoisotopic (exact) mass is 371 g/mol. The zero-order valence-corrected chi connectivity index (χ0v) is 16.1. The topological polar surface area (TPSA) is 59.2 Å². The fourth-order valence-electron chi connectivity index (χ4n) is 3.34. The van der Waals surface area contributed by atoms with Gasteiger partial charge < -0.3 is 9.42 Å². The molecular weight excluding hydrogens is 350 g/mol. The fourth-order valence-corrected chi connectivity index (χ4v) is 3.34. The van der Waals surface area contributed by atoms with Crippen LogP contribution in [0.4, 0.5) is 0 Å². The van der Waals surface area contributed by atoms with Crippen molar-refractivity contribution in [3.05, 3.63) is 83.6 Å². The molecule has 0 bridgehead atoms. The summed E-state index contributed by atoms with van der Waals surface area (Å²) in [5.74, 6) is -0.0905. The van der Waals surface area contributed by atoms with E-state index >= 15 is 0 Å². The number of carbonyl (C=O) groups is 1. The lowest BCUT2D eigenvalue weighted by atomic mass is 10.0. The van der Waals surface area contributed by atoms with Crippen molar-refractivity contribution in [2.75, 3.05) is 7.05 Å². The van der Waals surface area contributed by atoms with Gasteiger partial charge in [-0.15, -0.1) is 0 Å². The molecule has 2 aromatic heterocycles. The largest absolute Gasteiger partial charge is 0.335 e. The maximum atomic E-state index is 13.4. The van der Waals surface area contributed by atoms with Crippen molar-refractivity contribution in [1.29, 1.82) is 0 Å². The minimum atomic E-state index is -0.0905. The molecule has 4 aromatic rings. The van der Waals surface area contributed by atoms with Gasteiger partial charge in [-0.25, -0.2) is 4.98 Å². The van der Waals surface area contributed by atoms with E-state index in [1.54, 1.807) is 4.90 Å². The quantitative estimate of drug-likeness (QED) is 0.505. The molecule has 0 saturated heterocycles. The molecule has 1 amide bonds. The number of pyridine rings is 1. The fraction of sp³-hybridized carbons (Fsp3) is 0.174. The number of aryl methyl sites for hydroxylation is 1. The van der Waals surface area contributed by atoms with Crippen molar-refractivity contribution in [3.8, 4) is 11.3 Å². The SMILES string of the molecule is Cc1noc2nc(-c3ccccc3)cc(C(=O)N(C)C(C)c3ccccc3)c12. The van der Waals surface area contributed by atoms with Crippen LogP contribution in [0.5, 0.6) is 0 Å². The van der Waals surface area contributed by atoms with Crippen LogP contribution < -0.4 is 0 Å². The van der Waals surface area contributed by atoms with Gasteiger partial charge in [-0.1, -0.05) is 65.8 Å². The molecule has 2 heterocycles. The lowest BCUT2D eigenvalue weighted by Crippen LogP contribution is -2.30. The molecule has 0 radical (unpaired) electrons. The van der Waals surface area contributed by atoms with Gasteiger partial charge in [-0.2, -0.15) is 0 Å². The molecule has 5 nitrogen and oxygen atoms in total. The van der Waals surface area contributed by atoms with Crippen LogP contribution in [0.2, 0.25) is 0 Å². The summed E-state index contributed by atoms with van der Waals surface area (Å²) in [5, 5.41) is 4.69. The Bertz CT molecular complexity index is 1120. The Labute approximate surface area is 163 Å². The van der Waals surface area contributed by atoms with Crippen LogP contribution in [0.25, 0.3) is 22.4 Å². The first-order valence-electron chi connectivity index (χ1n) is 9.21. The summed E-state index contributed by atoms with van der Waals surface area (Å²) in [4.78, 5) is 19.7. The molecule has 0 fully saturated rings. The lowest BCUT2D eigenvalue weighted by Gasteiger charge is -2.26. The first-order chi connectivity index (χ1) is 13.6. The van der Waals surface area contributed by atoms with Gasteiger partial charge in [-0.3, -0.25) is 4.79 Å². The number of fused-ring (bicyclic) bond motifs is 1. The van der Waals surface area contributed by atoms with Crippen molar-refractivity contribution >= 4 is 17.0 Å². The molecule has 28 heavy (non-hydrogen) atoms. The third-order valence-electron chi connectivity index (χ3n) is 5.10. The van der Waals surface area contributed by atoms with E-state index in [1.165, 1.54) is 0 Å². The average Bonchev–Trinajstić information content (AvgIpc) is 3.13. The third-order valence-corrected chi connectivity index (χ3v) is 5.10. The Hall–Kier alpha value is -3.47. The van der Waals surface area contributed by atoms with Crippen LogP contribution in [0.15, 0.2) is 71.3 Å². The summed E-state index contributed by atoms with van der Waals surface area (Å²) in [7, 11) is 1.82. The second kappa shape index (κ2) is 7.27. The van der Waals surface area contributed by atoms with E-state index in [-0.39, 0.29) is 11.9 Å². The molecule has 0 spiro atoms. The predicted octanol–water partition coefficient (Wildman–Crippen LogP) is 5.03. The maximum absolute atomic E-state index is 13.4. The molecule has 0 N–H and O–H groups in total. The summed E-state index contributed by atoms with van der Waals surface area (Å²) in [6.45, 7) is 3.84. The van der Waals surface area contributed by atoms with Crippen LogP contribution in [-0.4, -0.2) is 28.0 Å². The van der Waals surface area contributed by atoms with E-state index < -0.39 is 0 Å². The van der Waals surface area contributed by atoms with E-state index in [4.69, 9.17) is 4.52 Å². The molecule has 5 heteroatoms. The smallest absolute Gasteiger partial charge is 0.259 e. The van der Waals surface area contributed by atoms with Crippen molar-refractivity contribution in [1.82, 2.24) is 15.0 Å². The predicted molar refractivity (Wildman–Crippen MR) is 109 cm³/mol. The Morgan fingerprint density at radius 2 is 1.68 bits per heavy atom. The number of nitrogens with zero attached hydrogens (tertiary/aromatic N) is 3. The number of carbonyl (C=O) groups excluding carboxylic acids is 1. The number of hydrogen-bond donors (Lipinski definition) is 0. The van der Waals surface area contributed by atoms with Crippen LogP contribution in [0, 0.1) is 6.92 Å². The van der Waals surface area contributed by atoms with Crippen molar-refractivity contribution in [3.63, 3.8) is 0 Å². The summed E-state index contributed by atoms with van der Waals surface area (Å²) < 4.78 is 5.39. The highest BCUT2D eigenvalue weighted by molar-refractivity contribution is 6.07. The molecule has 1 atom stereocenters. The zero-order chi connectivity index (χ0) is 19.7. The van der Waals surface area contributed by atoms with Gasteiger partial charge in [0.2, 0.25) is 0 Å². The standard InChI is InChI=1S/C23H21N3O2/c1-15-21-19(23(27)26(3)16(2)17-10-6-4-7-11-17)14-20(24-22(21)28-25-15)18-12-8-5-9-13-18/h4-14,16H,1-3H3. The first kappa shape index (κ1) is 17.9. The van der Waals surface area contributed by atoms with Gasteiger partial charge in [0.1, 0.15) is 0 Å². The summed E-state index contributed by atoms with van der Waals surface area (Å²) in [6.07, 6.45) is 0. The molecule has 0 saturated carbocycles. The Morgan fingerprint density at radius 1 is 1.04 bits per heavy atom.